The Bertz CT molecular complexity index is 1530. The third kappa shape index (κ3) is 4.72. The number of nitrogens with zero attached hydrogens (tertiary/aromatic N) is 3. The van der Waals surface area contributed by atoms with E-state index in [-0.39, 0.29) is 11.6 Å². The van der Waals surface area contributed by atoms with Crippen molar-refractivity contribution in [3.05, 3.63) is 105 Å². The van der Waals surface area contributed by atoms with E-state index in [9.17, 15) is 14.7 Å². The zero-order valence-corrected chi connectivity index (χ0v) is 21.1. The first-order valence-electron chi connectivity index (χ1n) is 12.5. The SMILES string of the molecule is CCN(CC)c1ccc2cc(C3=NN(c4ccc(C(=O)O)cc4)C(c4ccc(C)cc4)C3)c(=O)oc2c1. The summed E-state index contributed by atoms with van der Waals surface area (Å²) in [5.41, 5.74) is 5.38. The predicted molar refractivity (Wildman–Crippen MR) is 147 cm³/mol. The van der Waals surface area contributed by atoms with E-state index in [1.165, 1.54) is 0 Å². The van der Waals surface area contributed by atoms with Gasteiger partial charge < -0.3 is 14.4 Å². The Hall–Kier alpha value is -4.39. The van der Waals surface area contributed by atoms with Gasteiger partial charge in [-0.15, -0.1) is 0 Å². The van der Waals surface area contributed by atoms with Crippen LogP contribution < -0.4 is 15.5 Å². The van der Waals surface area contributed by atoms with Gasteiger partial charge in [-0.3, -0.25) is 5.01 Å². The van der Waals surface area contributed by atoms with Gasteiger partial charge in [0, 0.05) is 36.7 Å². The average molecular weight is 496 g/mol. The van der Waals surface area contributed by atoms with Crippen LogP contribution in [0.5, 0.6) is 0 Å². The highest BCUT2D eigenvalue weighted by molar-refractivity contribution is 6.04. The van der Waals surface area contributed by atoms with Gasteiger partial charge >= 0.3 is 11.6 Å². The Labute approximate surface area is 215 Å². The van der Waals surface area contributed by atoms with Crippen LogP contribution in [0.25, 0.3) is 11.0 Å². The summed E-state index contributed by atoms with van der Waals surface area (Å²) < 4.78 is 5.78. The van der Waals surface area contributed by atoms with Crippen LogP contribution in [-0.2, 0) is 0 Å². The quantitative estimate of drug-likeness (QED) is 0.317. The van der Waals surface area contributed by atoms with Crippen LogP contribution in [0.1, 0.15) is 53.4 Å². The molecule has 7 heteroatoms. The van der Waals surface area contributed by atoms with Crippen LogP contribution in [-0.4, -0.2) is 29.9 Å². The zero-order chi connectivity index (χ0) is 26.1. The van der Waals surface area contributed by atoms with E-state index >= 15 is 0 Å². The first-order chi connectivity index (χ1) is 17.9. The molecule has 1 aliphatic heterocycles. The Morgan fingerprint density at radius 3 is 2.38 bits per heavy atom. The number of carboxylic acid groups (broad SMARTS) is 1. The number of rotatable bonds is 7. The molecule has 37 heavy (non-hydrogen) atoms. The molecule has 0 fully saturated rings. The monoisotopic (exact) mass is 495 g/mol. The minimum atomic E-state index is -0.981. The minimum Gasteiger partial charge on any atom is -0.478 e. The highest BCUT2D eigenvalue weighted by atomic mass is 16.4. The van der Waals surface area contributed by atoms with Crippen molar-refractivity contribution in [2.24, 2.45) is 5.10 Å². The number of aromatic carboxylic acids is 1. The number of aryl methyl sites for hydroxylation is 1. The van der Waals surface area contributed by atoms with E-state index in [2.05, 4.69) is 43.0 Å². The standard InChI is InChI=1S/C30H29N3O4/c1-4-32(5-2)24-15-12-22-16-25(30(36)37-28(22)17-24)26-18-27(20-8-6-19(3)7-9-20)33(31-26)23-13-10-21(11-14-23)29(34)35/h6-17,27H,4-5,18H2,1-3H3,(H,34,35). The lowest BCUT2D eigenvalue weighted by atomic mass is 9.97. The topological polar surface area (TPSA) is 86.4 Å². The van der Waals surface area contributed by atoms with Crippen molar-refractivity contribution in [3.63, 3.8) is 0 Å². The highest BCUT2D eigenvalue weighted by Crippen LogP contribution is 2.37. The molecule has 0 spiro atoms. The van der Waals surface area contributed by atoms with Crippen LogP contribution in [0.2, 0.25) is 0 Å². The smallest absolute Gasteiger partial charge is 0.345 e. The van der Waals surface area contributed by atoms with E-state index in [1.807, 2.05) is 36.2 Å². The number of benzene rings is 3. The summed E-state index contributed by atoms with van der Waals surface area (Å²) in [5, 5.41) is 16.8. The average Bonchev–Trinajstić information content (AvgIpc) is 3.34. The van der Waals surface area contributed by atoms with Crippen LogP contribution in [0.15, 0.2) is 87.1 Å². The van der Waals surface area contributed by atoms with Crippen molar-refractivity contribution in [2.75, 3.05) is 23.0 Å². The van der Waals surface area contributed by atoms with E-state index < -0.39 is 11.6 Å². The molecule has 0 saturated carbocycles. The molecule has 0 amide bonds. The van der Waals surface area contributed by atoms with Gasteiger partial charge in [0.05, 0.1) is 28.6 Å². The fraction of sp³-hybridized carbons (Fsp3) is 0.233. The third-order valence-corrected chi connectivity index (χ3v) is 6.91. The molecule has 1 aromatic heterocycles. The van der Waals surface area contributed by atoms with Gasteiger partial charge in [0.25, 0.3) is 0 Å². The number of carbonyl (C=O) groups is 1. The molecule has 1 aliphatic rings. The second kappa shape index (κ2) is 9.93. The number of anilines is 2. The lowest BCUT2D eigenvalue weighted by molar-refractivity contribution is 0.0697. The van der Waals surface area contributed by atoms with Crippen molar-refractivity contribution in [2.45, 2.75) is 33.2 Å². The fourth-order valence-electron chi connectivity index (χ4n) is 4.80. The predicted octanol–water partition coefficient (Wildman–Crippen LogP) is 6.00. The van der Waals surface area contributed by atoms with E-state index in [0.717, 1.165) is 41.0 Å². The van der Waals surface area contributed by atoms with Gasteiger partial charge in [-0.25, -0.2) is 9.59 Å². The zero-order valence-electron chi connectivity index (χ0n) is 21.1. The first kappa shape index (κ1) is 24.3. The number of hydrogen-bond donors (Lipinski definition) is 1. The maximum Gasteiger partial charge on any atom is 0.345 e. The second-order valence-corrected chi connectivity index (χ2v) is 9.22. The Morgan fingerprint density at radius 2 is 1.73 bits per heavy atom. The van der Waals surface area contributed by atoms with E-state index in [1.54, 1.807) is 24.3 Å². The lowest BCUT2D eigenvalue weighted by Crippen LogP contribution is -2.21. The maximum absolute atomic E-state index is 13.1. The molecule has 5 rings (SSSR count). The molecule has 7 nitrogen and oxygen atoms in total. The molecular weight excluding hydrogens is 466 g/mol. The largest absolute Gasteiger partial charge is 0.478 e. The van der Waals surface area contributed by atoms with Gasteiger partial charge in [0.1, 0.15) is 5.58 Å². The van der Waals surface area contributed by atoms with Crippen LogP contribution >= 0.6 is 0 Å². The minimum absolute atomic E-state index is 0.147. The first-order valence-corrected chi connectivity index (χ1v) is 12.5. The molecule has 188 valence electrons. The van der Waals surface area contributed by atoms with Crippen molar-refractivity contribution in [3.8, 4) is 0 Å². The summed E-state index contributed by atoms with van der Waals surface area (Å²) >= 11 is 0. The summed E-state index contributed by atoms with van der Waals surface area (Å²) in [6.45, 7) is 7.96. The molecule has 1 unspecified atom stereocenters. The summed E-state index contributed by atoms with van der Waals surface area (Å²) in [5.74, 6) is -0.981. The highest BCUT2D eigenvalue weighted by Gasteiger charge is 2.31. The fourth-order valence-corrected chi connectivity index (χ4v) is 4.80. The Balaban J connectivity index is 1.56. The molecule has 3 aromatic carbocycles. The summed E-state index contributed by atoms with van der Waals surface area (Å²) in [6.07, 6.45) is 0.511. The normalized spacial score (nSPS) is 15.2. The van der Waals surface area contributed by atoms with Crippen molar-refractivity contribution >= 4 is 34.0 Å². The van der Waals surface area contributed by atoms with Gasteiger partial charge in [0.15, 0.2) is 0 Å². The molecule has 0 bridgehead atoms. The summed E-state index contributed by atoms with van der Waals surface area (Å²) in [7, 11) is 0. The lowest BCUT2D eigenvalue weighted by Gasteiger charge is -2.24. The van der Waals surface area contributed by atoms with E-state index in [4.69, 9.17) is 9.52 Å². The second-order valence-electron chi connectivity index (χ2n) is 9.22. The molecule has 0 saturated heterocycles. The third-order valence-electron chi connectivity index (χ3n) is 6.91. The molecule has 4 aromatic rings. The Kier molecular flexibility index (Phi) is 6.53. The summed E-state index contributed by atoms with van der Waals surface area (Å²) in [6, 6.07) is 22.5. The molecule has 1 N–H and O–H groups in total. The summed E-state index contributed by atoms with van der Waals surface area (Å²) in [4.78, 5) is 26.7. The number of fused-ring (bicyclic) bond motifs is 1. The Morgan fingerprint density at radius 1 is 1.03 bits per heavy atom. The van der Waals surface area contributed by atoms with Crippen molar-refractivity contribution in [1.29, 1.82) is 0 Å². The van der Waals surface area contributed by atoms with Crippen LogP contribution in [0.3, 0.4) is 0 Å². The van der Waals surface area contributed by atoms with Crippen LogP contribution in [0.4, 0.5) is 11.4 Å². The number of hydrazone groups is 1. The van der Waals surface area contributed by atoms with Gasteiger partial charge in [-0.05, 0) is 68.8 Å². The van der Waals surface area contributed by atoms with Gasteiger partial charge in [-0.1, -0.05) is 29.8 Å². The van der Waals surface area contributed by atoms with Crippen molar-refractivity contribution < 1.29 is 14.3 Å². The molecule has 1 atom stereocenters. The molecular formula is C30H29N3O4. The molecule has 0 aliphatic carbocycles. The number of carboxylic acids is 1. The van der Waals surface area contributed by atoms with Crippen LogP contribution in [0, 0.1) is 6.92 Å². The van der Waals surface area contributed by atoms with Gasteiger partial charge in [0.2, 0.25) is 0 Å². The van der Waals surface area contributed by atoms with E-state index in [0.29, 0.717) is 23.3 Å². The van der Waals surface area contributed by atoms with Crippen molar-refractivity contribution in [1.82, 2.24) is 0 Å². The molecule has 2 heterocycles. The van der Waals surface area contributed by atoms with Gasteiger partial charge in [-0.2, -0.15) is 5.10 Å². The maximum atomic E-state index is 13.1. The number of hydrogen-bond acceptors (Lipinski definition) is 6. The molecule has 0 radical (unpaired) electrons.